The van der Waals surface area contributed by atoms with Gasteiger partial charge in [-0.2, -0.15) is 0 Å². The Morgan fingerprint density at radius 2 is 1.44 bits per heavy atom. The van der Waals surface area contributed by atoms with E-state index in [9.17, 15) is 28.8 Å². The van der Waals surface area contributed by atoms with E-state index >= 15 is 0 Å². The Bertz CT molecular complexity index is 2220. The van der Waals surface area contributed by atoms with Crippen LogP contribution in [0.4, 0.5) is 4.79 Å². The fraction of sp³-hybridized carbons (Fsp3) is 0.333. The maximum atomic E-state index is 14.3. The third-order valence-corrected chi connectivity index (χ3v) is 9.86. The summed E-state index contributed by atoms with van der Waals surface area (Å²) in [7, 11) is 0. The van der Waals surface area contributed by atoms with Gasteiger partial charge >= 0.3 is 6.03 Å². The number of nitrogens with one attached hydrogen (secondary N) is 7. The zero-order valence-corrected chi connectivity index (χ0v) is 33.8. The largest absolute Gasteiger partial charge is 0.368 e. The van der Waals surface area contributed by atoms with Crippen molar-refractivity contribution in [2.45, 2.75) is 82.2 Å². The van der Waals surface area contributed by atoms with Crippen LogP contribution in [0.2, 0.25) is 0 Å². The van der Waals surface area contributed by atoms with Crippen LogP contribution in [0.25, 0.3) is 10.9 Å². The predicted octanol–water partition coefficient (Wildman–Crippen LogP) is 0.341. The number of para-hydroxylation sites is 1. The first-order chi connectivity index (χ1) is 29.4. The topological polar surface area (TPSA) is 301 Å². The summed E-state index contributed by atoms with van der Waals surface area (Å²) in [5.74, 6) is -3.51. The fourth-order valence-electron chi connectivity index (χ4n) is 6.49. The molecular formula is C42H53N13O6. The number of pyridine rings is 1. The number of benzene rings is 2. The molecule has 3 aromatic heterocycles. The van der Waals surface area contributed by atoms with E-state index in [1.54, 1.807) is 48.7 Å². The summed E-state index contributed by atoms with van der Waals surface area (Å²) in [5.41, 5.74) is 23.2. The van der Waals surface area contributed by atoms with Crippen LogP contribution in [0.1, 0.15) is 48.7 Å². The van der Waals surface area contributed by atoms with Gasteiger partial charge in [0, 0.05) is 54.4 Å². The second-order valence-electron chi connectivity index (χ2n) is 14.6. The van der Waals surface area contributed by atoms with Crippen molar-refractivity contribution in [3.63, 3.8) is 0 Å². The van der Waals surface area contributed by atoms with Crippen LogP contribution in [-0.2, 0) is 49.8 Å². The molecule has 61 heavy (non-hydrogen) atoms. The summed E-state index contributed by atoms with van der Waals surface area (Å²) in [5, 5.41) is 12.6. The molecule has 0 aliphatic rings. The molecule has 5 rings (SSSR count). The maximum Gasteiger partial charge on any atom is 0.337 e. The van der Waals surface area contributed by atoms with Gasteiger partial charge in [0.1, 0.15) is 24.2 Å². The lowest BCUT2D eigenvalue weighted by atomic mass is 10.0. The molecule has 0 fully saturated rings. The number of amides is 7. The van der Waals surface area contributed by atoms with Gasteiger partial charge in [0.2, 0.25) is 23.6 Å². The van der Waals surface area contributed by atoms with E-state index in [1.165, 1.54) is 25.6 Å². The Labute approximate surface area is 352 Å². The SMILES string of the molecule is C[C@H](NC(=O)N(Cc1ccccn1)NC(=O)[C@@H](N)Cc1cnc[nH]1)C(=O)N[C@@H](Cc1c[nH]c2ccccc12)C(=O)N[C@H](Cc1ccccc1)C(=O)N[C@@H](CCCCN)C(N)=O. The highest BCUT2D eigenvalue weighted by molar-refractivity contribution is 5.96. The molecule has 0 saturated carbocycles. The van der Waals surface area contributed by atoms with Crippen LogP contribution in [0.3, 0.4) is 0 Å². The molecule has 3 heterocycles. The zero-order valence-electron chi connectivity index (χ0n) is 33.8. The van der Waals surface area contributed by atoms with Gasteiger partial charge in [-0.25, -0.2) is 14.8 Å². The summed E-state index contributed by atoms with van der Waals surface area (Å²) >= 11 is 0. The van der Waals surface area contributed by atoms with Gasteiger partial charge in [-0.15, -0.1) is 0 Å². The Balaban J connectivity index is 1.35. The summed E-state index contributed by atoms with van der Waals surface area (Å²) in [6.07, 6.45) is 7.81. The van der Waals surface area contributed by atoms with Gasteiger partial charge in [0.05, 0.1) is 24.6 Å². The molecule has 0 aliphatic heterocycles. The third-order valence-electron chi connectivity index (χ3n) is 9.86. The predicted molar refractivity (Wildman–Crippen MR) is 226 cm³/mol. The van der Waals surface area contributed by atoms with E-state index in [-0.39, 0.29) is 32.2 Å². The number of carbonyl (C=O) groups excluding carboxylic acids is 6. The van der Waals surface area contributed by atoms with E-state index in [4.69, 9.17) is 17.2 Å². The molecule has 13 N–H and O–H groups in total. The Morgan fingerprint density at radius 1 is 0.754 bits per heavy atom. The van der Waals surface area contributed by atoms with Crippen LogP contribution in [0.5, 0.6) is 0 Å². The average molecular weight is 836 g/mol. The molecular weight excluding hydrogens is 783 g/mol. The molecule has 0 saturated heterocycles. The van der Waals surface area contributed by atoms with Crippen molar-refractivity contribution in [2.24, 2.45) is 17.2 Å². The van der Waals surface area contributed by atoms with Gasteiger partial charge in [-0.1, -0.05) is 54.6 Å². The molecule has 0 bridgehead atoms. The number of H-pyrrole nitrogens is 2. The quantitative estimate of drug-likeness (QED) is 0.0357. The molecule has 19 heteroatoms. The minimum absolute atomic E-state index is 0.0129. The molecule has 5 aromatic rings. The molecule has 0 radical (unpaired) electrons. The number of urea groups is 1. The van der Waals surface area contributed by atoms with Crippen LogP contribution in [0, 0.1) is 0 Å². The maximum absolute atomic E-state index is 14.3. The minimum Gasteiger partial charge on any atom is -0.368 e. The highest BCUT2D eigenvalue weighted by atomic mass is 16.2. The van der Waals surface area contributed by atoms with Crippen molar-refractivity contribution < 1.29 is 28.8 Å². The van der Waals surface area contributed by atoms with E-state index in [1.807, 2.05) is 30.3 Å². The number of imidazole rings is 1. The average Bonchev–Trinajstić information content (AvgIpc) is 3.93. The van der Waals surface area contributed by atoms with E-state index in [2.05, 4.69) is 46.6 Å². The number of nitrogens with zero attached hydrogens (tertiary/aromatic N) is 3. The minimum atomic E-state index is -1.27. The number of rotatable bonds is 21. The second kappa shape index (κ2) is 22.3. The number of aromatic amines is 2. The first kappa shape index (κ1) is 45.0. The molecule has 19 nitrogen and oxygen atoms in total. The summed E-state index contributed by atoms with van der Waals surface area (Å²) in [6.45, 7) is 1.64. The Hall–Kier alpha value is -7.12. The lowest BCUT2D eigenvalue weighted by Gasteiger charge is -2.28. The number of primary amides is 1. The molecule has 5 atom stereocenters. The number of carbonyl (C=O) groups is 6. The first-order valence-corrected chi connectivity index (χ1v) is 19.9. The Kier molecular flexibility index (Phi) is 16.4. The van der Waals surface area contributed by atoms with Gasteiger partial charge < -0.3 is 48.4 Å². The van der Waals surface area contributed by atoms with Crippen LogP contribution >= 0.6 is 0 Å². The normalized spacial score (nSPS) is 13.5. The number of hydrazine groups is 1. The van der Waals surface area contributed by atoms with Crippen molar-refractivity contribution >= 4 is 46.5 Å². The second-order valence-corrected chi connectivity index (χ2v) is 14.6. The van der Waals surface area contributed by atoms with Gasteiger partial charge in [0.15, 0.2) is 0 Å². The van der Waals surface area contributed by atoms with E-state index in [0.717, 1.165) is 21.5 Å². The van der Waals surface area contributed by atoms with Crippen molar-refractivity contribution in [3.05, 3.63) is 120 Å². The van der Waals surface area contributed by atoms with Crippen molar-refractivity contribution in [3.8, 4) is 0 Å². The Morgan fingerprint density at radius 3 is 2.13 bits per heavy atom. The zero-order chi connectivity index (χ0) is 43.7. The number of nitrogens with two attached hydrogens (primary N) is 3. The highest BCUT2D eigenvalue weighted by Crippen LogP contribution is 2.20. The number of unbranched alkanes of at least 4 members (excludes halogenated alkanes) is 1. The van der Waals surface area contributed by atoms with Crippen molar-refractivity contribution in [2.75, 3.05) is 6.54 Å². The van der Waals surface area contributed by atoms with Crippen molar-refractivity contribution in [1.82, 2.24) is 51.6 Å². The fourth-order valence-corrected chi connectivity index (χ4v) is 6.49. The number of hydrogen-bond donors (Lipinski definition) is 10. The molecule has 2 aromatic carbocycles. The summed E-state index contributed by atoms with van der Waals surface area (Å²) < 4.78 is 0. The molecule has 0 spiro atoms. The van der Waals surface area contributed by atoms with Crippen LogP contribution in [0.15, 0.2) is 97.7 Å². The monoisotopic (exact) mass is 835 g/mol. The lowest BCUT2D eigenvalue weighted by Crippen LogP contribution is -2.60. The number of hydrogen-bond acceptors (Lipinski definition) is 10. The molecule has 0 aliphatic carbocycles. The molecule has 322 valence electrons. The summed E-state index contributed by atoms with van der Waals surface area (Å²) in [6, 6.07) is 14.9. The third kappa shape index (κ3) is 13.5. The van der Waals surface area contributed by atoms with Crippen LogP contribution < -0.4 is 43.9 Å². The number of aromatic nitrogens is 4. The molecule has 0 unspecified atom stereocenters. The van der Waals surface area contributed by atoms with E-state index in [0.29, 0.717) is 36.3 Å². The number of fused-ring (bicyclic) bond motifs is 1. The standard InChI is InChI=1S/C42H53N13O6/c1-26(50-42(61)55(24-29-13-8-10-18-47-29)54-39(58)32(44)21-30-23-46-25-49-30)38(57)52-36(20-28-22-48-33-15-6-5-14-31(28)33)41(60)53-35(19-27-11-3-2-4-12-27)40(59)51-34(37(45)56)16-7-9-17-43/h2-6,8,10-15,18,22-23,25-26,32,34-36,48H,7,9,16-17,19-21,24,43-44H2,1H3,(H2,45,56)(H,46,49)(H,50,61)(H,51,59)(H,52,57)(H,53,60)(H,54,58)/t26-,32-,34-,35+,36-/m0/s1. The smallest absolute Gasteiger partial charge is 0.337 e. The highest BCUT2D eigenvalue weighted by Gasteiger charge is 2.32. The van der Waals surface area contributed by atoms with E-state index < -0.39 is 65.8 Å². The van der Waals surface area contributed by atoms with Crippen LogP contribution in [-0.4, -0.2) is 97.3 Å². The van der Waals surface area contributed by atoms with Gasteiger partial charge in [-0.05, 0) is 62.1 Å². The lowest BCUT2D eigenvalue weighted by molar-refractivity contribution is -0.133. The first-order valence-electron chi connectivity index (χ1n) is 19.9. The van der Waals surface area contributed by atoms with Crippen molar-refractivity contribution in [1.29, 1.82) is 0 Å². The van der Waals surface area contributed by atoms with Gasteiger partial charge in [0.25, 0.3) is 5.91 Å². The van der Waals surface area contributed by atoms with Gasteiger partial charge in [-0.3, -0.25) is 34.4 Å². The molecule has 7 amide bonds. The summed E-state index contributed by atoms with van der Waals surface area (Å²) in [4.78, 5) is 95.6.